The quantitative estimate of drug-likeness (QED) is 0.505. The topological polar surface area (TPSA) is 74.8 Å². The molecule has 0 spiro atoms. The lowest BCUT2D eigenvalue weighted by Crippen LogP contribution is -2.33. The van der Waals surface area contributed by atoms with E-state index in [1.165, 1.54) is 11.8 Å². The Balaban J connectivity index is 1.49. The van der Waals surface area contributed by atoms with Crippen LogP contribution in [0.1, 0.15) is 36.6 Å². The first-order valence-corrected chi connectivity index (χ1v) is 11.0. The minimum absolute atomic E-state index is 0.0527. The van der Waals surface area contributed by atoms with E-state index in [0.717, 1.165) is 35.6 Å². The largest absolute Gasteiger partial charge is 0.311 e. The number of hydrogen-bond acceptors (Lipinski definition) is 5. The summed E-state index contributed by atoms with van der Waals surface area (Å²) in [5.74, 6) is 1.59. The Morgan fingerprint density at radius 3 is 2.60 bits per heavy atom. The van der Waals surface area contributed by atoms with Gasteiger partial charge in [-0.2, -0.15) is 5.26 Å². The monoisotopic (exact) mass is 417 g/mol. The molecule has 6 nitrogen and oxygen atoms in total. The first-order chi connectivity index (χ1) is 14.7. The molecule has 1 aromatic heterocycles. The van der Waals surface area contributed by atoms with Crippen molar-refractivity contribution in [2.45, 2.75) is 37.3 Å². The first-order valence-electron chi connectivity index (χ1n) is 10.0. The number of para-hydroxylation sites is 1. The van der Waals surface area contributed by atoms with Gasteiger partial charge >= 0.3 is 0 Å². The van der Waals surface area contributed by atoms with Gasteiger partial charge in [0.2, 0.25) is 11.1 Å². The number of carbonyl (C=O) groups excluding carboxylic acids is 1. The van der Waals surface area contributed by atoms with Crippen LogP contribution in [0.5, 0.6) is 0 Å². The maximum Gasteiger partial charge on any atom is 0.237 e. The normalized spacial score (nSPS) is 13.1. The molecular weight excluding hydrogens is 394 g/mol. The van der Waals surface area contributed by atoms with E-state index >= 15 is 0 Å². The second-order valence-corrected chi connectivity index (χ2v) is 8.29. The highest BCUT2D eigenvalue weighted by Gasteiger charge is 2.30. The smallest absolute Gasteiger partial charge is 0.237 e. The fourth-order valence-electron chi connectivity index (χ4n) is 3.22. The zero-order valence-corrected chi connectivity index (χ0v) is 17.7. The van der Waals surface area contributed by atoms with Crippen molar-refractivity contribution < 1.29 is 4.79 Å². The maximum atomic E-state index is 12.9. The standard InChI is InChI=1S/C23H23N5OS/c1-17-8-12-19(13-9-17)27(15-5-14-24)21(29)16-30-23-25-22(18-10-11-18)28(26-23)20-6-3-2-4-7-20/h2-4,6-9,12-13,18H,5,10-11,15-16H2,1H3. The molecule has 0 saturated heterocycles. The Labute approximate surface area is 180 Å². The lowest BCUT2D eigenvalue weighted by molar-refractivity contribution is -0.116. The molecule has 2 aromatic carbocycles. The molecule has 0 radical (unpaired) electrons. The van der Waals surface area contributed by atoms with Gasteiger partial charge < -0.3 is 4.90 Å². The maximum absolute atomic E-state index is 12.9. The summed E-state index contributed by atoms with van der Waals surface area (Å²) in [7, 11) is 0. The van der Waals surface area contributed by atoms with Crippen LogP contribution in [0.25, 0.3) is 5.69 Å². The van der Waals surface area contributed by atoms with Crippen molar-refractivity contribution in [1.82, 2.24) is 14.8 Å². The van der Waals surface area contributed by atoms with Gasteiger partial charge in [-0.3, -0.25) is 4.79 Å². The van der Waals surface area contributed by atoms with Gasteiger partial charge in [0.15, 0.2) is 0 Å². The summed E-state index contributed by atoms with van der Waals surface area (Å²) in [6, 6.07) is 19.9. The van der Waals surface area contributed by atoms with Crippen molar-refractivity contribution >= 4 is 23.4 Å². The molecule has 0 atom stereocenters. The Hall–Kier alpha value is -3.11. The summed E-state index contributed by atoms with van der Waals surface area (Å²) >= 11 is 1.35. The number of aryl methyl sites for hydroxylation is 1. The number of anilines is 1. The highest BCUT2D eigenvalue weighted by atomic mass is 32.2. The average molecular weight is 418 g/mol. The number of thioether (sulfide) groups is 1. The third-order valence-electron chi connectivity index (χ3n) is 4.97. The van der Waals surface area contributed by atoms with Crippen LogP contribution in [0.3, 0.4) is 0 Å². The van der Waals surface area contributed by atoms with E-state index in [1.54, 1.807) is 4.90 Å². The van der Waals surface area contributed by atoms with Crippen LogP contribution >= 0.6 is 11.8 Å². The molecule has 0 unspecified atom stereocenters. The van der Waals surface area contributed by atoms with E-state index in [2.05, 4.69) is 11.2 Å². The molecule has 152 valence electrons. The van der Waals surface area contributed by atoms with Crippen molar-refractivity contribution in [3.63, 3.8) is 0 Å². The molecule has 1 aliphatic rings. The van der Waals surface area contributed by atoms with E-state index in [1.807, 2.05) is 66.2 Å². The third-order valence-corrected chi connectivity index (χ3v) is 5.80. The predicted octanol–water partition coefficient (Wildman–Crippen LogP) is 4.49. The molecule has 1 saturated carbocycles. The van der Waals surface area contributed by atoms with Crippen molar-refractivity contribution in [2.75, 3.05) is 17.2 Å². The molecule has 3 aromatic rings. The molecule has 0 aliphatic heterocycles. The number of amides is 1. The van der Waals surface area contributed by atoms with Gasteiger partial charge in [0, 0.05) is 18.2 Å². The number of hydrogen-bond donors (Lipinski definition) is 0. The fraction of sp³-hybridized carbons (Fsp3) is 0.304. The molecule has 30 heavy (non-hydrogen) atoms. The van der Waals surface area contributed by atoms with Crippen LogP contribution in [-0.2, 0) is 4.79 Å². The summed E-state index contributed by atoms with van der Waals surface area (Å²) in [5, 5.41) is 14.3. The molecule has 1 fully saturated rings. The second-order valence-electron chi connectivity index (χ2n) is 7.35. The van der Waals surface area contributed by atoms with Crippen LogP contribution in [0.2, 0.25) is 0 Å². The number of nitrogens with zero attached hydrogens (tertiary/aromatic N) is 5. The van der Waals surface area contributed by atoms with Crippen LogP contribution in [0.15, 0.2) is 59.8 Å². The van der Waals surface area contributed by atoms with E-state index in [4.69, 9.17) is 10.2 Å². The summed E-state index contributed by atoms with van der Waals surface area (Å²) in [5.41, 5.74) is 2.92. The zero-order valence-electron chi connectivity index (χ0n) is 16.9. The highest BCUT2D eigenvalue weighted by molar-refractivity contribution is 7.99. The van der Waals surface area contributed by atoms with E-state index in [0.29, 0.717) is 17.6 Å². The number of aromatic nitrogens is 3. The molecule has 0 bridgehead atoms. The first kappa shape index (κ1) is 20.2. The molecular formula is C23H23N5OS. The van der Waals surface area contributed by atoms with Gasteiger partial charge in [-0.15, -0.1) is 5.10 Å². The van der Waals surface area contributed by atoms with Gasteiger partial charge in [-0.05, 0) is 44.0 Å². The van der Waals surface area contributed by atoms with Crippen LogP contribution in [-0.4, -0.2) is 33.0 Å². The highest BCUT2D eigenvalue weighted by Crippen LogP contribution is 2.40. The van der Waals surface area contributed by atoms with Crippen LogP contribution in [0, 0.1) is 18.3 Å². The van der Waals surface area contributed by atoms with Crippen molar-refractivity contribution in [2.24, 2.45) is 0 Å². The minimum Gasteiger partial charge on any atom is -0.311 e. The predicted molar refractivity (Wildman–Crippen MR) is 118 cm³/mol. The molecule has 0 N–H and O–H groups in total. The Morgan fingerprint density at radius 2 is 1.93 bits per heavy atom. The molecule has 1 aliphatic carbocycles. The number of nitriles is 1. The van der Waals surface area contributed by atoms with Gasteiger partial charge in [0.25, 0.3) is 0 Å². The Kier molecular flexibility index (Phi) is 6.15. The van der Waals surface area contributed by atoms with Crippen LogP contribution < -0.4 is 4.90 Å². The summed E-state index contributed by atoms with van der Waals surface area (Å²) < 4.78 is 1.90. The number of rotatable bonds is 8. The lowest BCUT2D eigenvalue weighted by Gasteiger charge is -2.21. The number of benzene rings is 2. The molecule has 4 rings (SSSR count). The summed E-state index contributed by atoms with van der Waals surface area (Å²) in [6.07, 6.45) is 2.55. The third kappa shape index (κ3) is 4.71. The Morgan fingerprint density at radius 1 is 1.20 bits per heavy atom. The average Bonchev–Trinajstić information content (AvgIpc) is 3.53. The molecule has 1 amide bonds. The Bertz CT molecular complexity index is 1050. The van der Waals surface area contributed by atoms with E-state index in [9.17, 15) is 4.79 Å². The second kappa shape index (κ2) is 9.14. The van der Waals surface area contributed by atoms with Gasteiger partial charge in [0.1, 0.15) is 5.82 Å². The molecule has 7 heteroatoms. The van der Waals surface area contributed by atoms with E-state index in [-0.39, 0.29) is 18.1 Å². The van der Waals surface area contributed by atoms with Crippen molar-refractivity contribution in [3.05, 3.63) is 66.0 Å². The minimum atomic E-state index is -0.0527. The summed E-state index contributed by atoms with van der Waals surface area (Å²) in [4.78, 5) is 19.3. The van der Waals surface area contributed by atoms with Gasteiger partial charge in [0.05, 0.1) is 23.9 Å². The van der Waals surface area contributed by atoms with Crippen LogP contribution in [0.4, 0.5) is 5.69 Å². The molecule has 1 heterocycles. The van der Waals surface area contributed by atoms with Crippen molar-refractivity contribution in [3.8, 4) is 11.8 Å². The van der Waals surface area contributed by atoms with Gasteiger partial charge in [-0.25, -0.2) is 9.67 Å². The van der Waals surface area contributed by atoms with E-state index < -0.39 is 0 Å². The lowest BCUT2D eigenvalue weighted by atomic mass is 10.2. The number of carbonyl (C=O) groups is 1. The zero-order chi connectivity index (χ0) is 20.9. The summed E-state index contributed by atoms with van der Waals surface area (Å²) in [6.45, 7) is 2.38. The van der Waals surface area contributed by atoms with Gasteiger partial charge in [-0.1, -0.05) is 47.7 Å². The fourth-order valence-corrected chi connectivity index (χ4v) is 3.92. The van der Waals surface area contributed by atoms with Crippen molar-refractivity contribution in [1.29, 1.82) is 5.26 Å². The SMILES string of the molecule is Cc1ccc(N(CCC#N)C(=O)CSc2nc(C3CC3)n(-c3ccccc3)n2)cc1.